The minimum atomic E-state index is -1.16. The number of amides is 2. The van der Waals surface area contributed by atoms with Crippen LogP contribution in [-0.2, 0) is 16.8 Å². The lowest BCUT2D eigenvalue weighted by atomic mass is 9.88. The van der Waals surface area contributed by atoms with E-state index in [1.807, 2.05) is 19.3 Å². The van der Waals surface area contributed by atoms with Crippen molar-refractivity contribution in [2.24, 2.45) is 5.92 Å². The summed E-state index contributed by atoms with van der Waals surface area (Å²) in [6.45, 7) is 7.61. The number of likely N-dealkylation sites (tertiary alicyclic amines) is 1. The smallest absolute Gasteiger partial charge is 0.263 e. The highest BCUT2D eigenvalue weighted by Gasteiger charge is 2.28. The third-order valence-corrected chi connectivity index (χ3v) is 7.07. The number of nitrogens with zero attached hydrogens (tertiary/aromatic N) is 3. The zero-order valence-corrected chi connectivity index (χ0v) is 21.0. The van der Waals surface area contributed by atoms with Crippen LogP contribution in [0.3, 0.4) is 0 Å². The molecule has 1 saturated heterocycles. The van der Waals surface area contributed by atoms with Gasteiger partial charge < -0.3 is 9.64 Å². The number of halogens is 2. The van der Waals surface area contributed by atoms with Crippen LogP contribution in [0.25, 0.3) is 10.3 Å². The zero-order chi connectivity index (χ0) is 25.3. The largest absolute Gasteiger partial charge is 0.483 e. The second kappa shape index (κ2) is 9.94. The molecule has 2 amide bonds. The third-order valence-electron chi connectivity index (χ3n) is 6.12. The molecule has 0 atom stereocenters. The molecule has 1 N–H and O–H groups in total. The summed E-state index contributed by atoms with van der Waals surface area (Å²) in [6.07, 6.45) is 2.97. The predicted molar refractivity (Wildman–Crippen MR) is 129 cm³/mol. The Morgan fingerprint density at radius 1 is 1.23 bits per heavy atom. The molecule has 35 heavy (non-hydrogen) atoms. The lowest BCUT2D eigenvalue weighted by Gasteiger charge is -2.27. The van der Waals surface area contributed by atoms with E-state index in [0.29, 0.717) is 23.4 Å². The molecule has 186 valence electrons. The van der Waals surface area contributed by atoms with Crippen LogP contribution in [0.15, 0.2) is 24.4 Å². The van der Waals surface area contributed by atoms with Gasteiger partial charge in [-0.3, -0.25) is 14.9 Å². The molecule has 3 aromatic rings. The van der Waals surface area contributed by atoms with Gasteiger partial charge in [-0.1, -0.05) is 32.1 Å². The number of piperidine rings is 1. The highest BCUT2D eigenvalue weighted by Crippen LogP contribution is 2.29. The van der Waals surface area contributed by atoms with Crippen LogP contribution in [0.1, 0.15) is 54.5 Å². The lowest BCUT2D eigenvalue weighted by molar-refractivity contribution is -0.125. The van der Waals surface area contributed by atoms with Gasteiger partial charge in [-0.25, -0.2) is 18.7 Å². The van der Waals surface area contributed by atoms with Crippen molar-refractivity contribution < 1.29 is 23.1 Å². The van der Waals surface area contributed by atoms with Crippen molar-refractivity contribution in [2.45, 2.75) is 45.6 Å². The summed E-state index contributed by atoms with van der Waals surface area (Å²) in [5, 5.41) is 2.71. The van der Waals surface area contributed by atoms with E-state index < -0.39 is 29.0 Å². The summed E-state index contributed by atoms with van der Waals surface area (Å²) in [5.74, 6) is -4.54. The van der Waals surface area contributed by atoms with E-state index in [9.17, 15) is 14.0 Å². The monoisotopic (exact) mass is 502 g/mol. The van der Waals surface area contributed by atoms with Crippen molar-refractivity contribution in [1.29, 1.82) is 0 Å². The van der Waals surface area contributed by atoms with Crippen LogP contribution in [-0.4, -0.2) is 46.8 Å². The predicted octanol–water partition coefficient (Wildman–Crippen LogP) is 4.44. The Bertz CT molecular complexity index is 1260. The molecule has 3 heterocycles. The number of benzene rings is 1. The number of nitrogens with one attached hydrogen (secondary N) is 1. The van der Waals surface area contributed by atoms with Gasteiger partial charge in [-0.05, 0) is 62.2 Å². The highest BCUT2D eigenvalue weighted by atomic mass is 32.1. The van der Waals surface area contributed by atoms with E-state index in [4.69, 9.17) is 4.74 Å². The summed E-state index contributed by atoms with van der Waals surface area (Å²) in [7, 11) is 1.95. The first-order chi connectivity index (χ1) is 16.5. The summed E-state index contributed by atoms with van der Waals surface area (Å²) >= 11 is 1.31. The number of carbonyl (C=O) groups is 2. The number of fused-ring (bicyclic) bond motifs is 1. The van der Waals surface area contributed by atoms with E-state index in [-0.39, 0.29) is 23.7 Å². The fraction of sp³-hybridized carbons (Fsp3) is 0.440. The zero-order valence-electron chi connectivity index (χ0n) is 20.2. The first kappa shape index (κ1) is 25.1. The number of hydrogen-bond acceptors (Lipinski definition) is 7. The van der Waals surface area contributed by atoms with Gasteiger partial charge in [0.1, 0.15) is 33.3 Å². The minimum absolute atomic E-state index is 0.0790. The molecule has 2 aromatic heterocycles. The number of rotatable bonds is 5. The molecule has 7 nitrogen and oxygen atoms in total. The maximum absolute atomic E-state index is 15.0. The van der Waals surface area contributed by atoms with Gasteiger partial charge in [0, 0.05) is 12.1 Å². The first-order valence-electron chi connectivity index (χ1n) is 11.4. The van der Waals surface area contributed by atoms with E-state index in [1.165, 1.54) is 11.3 Å². The van der Waals surface area contributed by atoms with Gasteiger partial charge in [-0.2, -0.15) is 0 Å². The molecule has 1 fully saturated rings. The SMILES string of the molecule is CN1CCC(C(=O)NC(=O)c2c(F)ccc(OCc3nc4cc(C(C)(C)C)cnc4s3)c2F)CC1. The number of hydrogen-bond donors (Lipinski definition) is 1. The molecule has 1 aromatic carbocycles. The molecular formula is C25H28F2N4O3S. The summed E-state index contributed by atoms with van der Waals surface area (Å²) < 4.78 is 35.0. The normalized spacial score (nSPS) is 15.4. The second-order valence-electron chi connectivity index (χ2n) is 9.82. The molecule has 0 saturated carbocycles. The maximum Gasteiger partial charge on any atom is 0.263 e. The Hall–Kier alpha value is -2.98. The van der Waals surface area contributed by atoms with Gasteiger partial charge in [0.15, 0.2) is 11.6 Å². The number of carbonyl (C=O) groups excluding carboxylic acids is 2. The van der Waals surface area contributed by atoms with Crippen molar-refractivity contribution >= 4 is 33.5 Å². The topological polar surface area (TPSA) is 84.4 Å². The molecule has 0 bridgehead atoms. The molecule has 0 radical (unpaired) electrons. The average molecular weight is 503 g/mol. The number of imide groups is 1. The molecule has 10 heteroatoms. The van der Waals surface area contributed by atoms with Crippen molar-refractivity contribution in [3.8, 4) is 5.75 Å². The van der Waals surface area contributed by atoms with Crippen molar-refractivity contribution in [2.75, 3.05) is 20.1 Å². The average Bonchev–Trinajstić information content (AvgIpc) is 3.20. The van der Waals surface area contributed by atoms with Crippen LogP contribution in [0.2, 0.25) is 0 Å². The Morgan fingerprint density at radius 3 is 2.63 bits per heavy atom. The van der Waals surface area contributed by atoms with Crippen LogP contribution >= 0.6 is 11.3 Å². The van der Waals surface area contributed by atoms with E-state index in [0.717, 1.165) is 35.6 Å². The molecule has 1 aliphatic rings. The summed E-state index contributed by atoms with van der Waals surface area (Å²) in [5.41, 5.74) is 0.833. The molecule has 0 unspecified atom stereocenters. The number of thiazole rings is 1. The molecule has 1 aliphatic heterocycles. The number of ether oxygens (including phenoxy) is 1. The fourth-order valence-corrected chi connectivity index (χ4v) is 4.68. The van der Waals surface area contributed by atoms with Crippen LogP contribution < -0.4 is 10.1 Å². The Labute approximate surface area is 206 Å². The van der Waals surface area contributed by atoms with Crippen LogP contribution in [0, 0.1) is 17.6 Å². The third kappa shape index (κ3) is 5.65. The van der Waals surface area contributed by atoms with Crippen molar-refractivity contribution in [3.05, 3.63) is 52.2 Å². The Balaban J connectivity index is 1.47. The summed E-state index contributed by atoms with van der Waals surface area (Å²) in [6, 6.07) is 4.02. The van der Waals surface area contributed by atoms with Gasteiger partial charge in [0.2, 0.25) is 5.91 Å². The fourth-order valence-electron chi connectivity index (χ4n) is 3.88. The molecule has 0 aliphatic carbocycles. The minimum Gasteiger partial charge on any atom is -0.483 e. The standard InChI is InChI=1S/C25H28F2N4O3S/c1-25(2,3)15-11-17-24(28-12-15)35-19(29-17)13-34-18-6-5-16(26)20(21(18)27)23(33)30-22(32)14-7-9-31(4)10-8-14/h5-6,11-12,14H,7-10,13H2,1-4H3,(H,30,32,33). The van der Waals surface area contributed by atoms with Gasteiger partial charge in [0.05, 0.1) is 0 Å². The molecule has 0 spiro atoms. The quantitative estimate of drug-likeness (QED) is 0.519. The first-order valence-corrected chi connectivity index (χ1v) is 12.2. The van der Waals surface area contributed by atoms with Crippen LogP contribution in [0.5, 0.6) is 5.75 Å². The summed E-state index contributed by atoms with van der Waals surface area (Å²) in [4.78, 5) is 36.8. The number of pyridine rings is 1. The maximum atomic E-state index is 15.0. The van der Waals surface area contributed by atoms with E-state index >= 15 is 4.39 Å². The lowest BCUT2D eigenvalue weighted by Crippen LogP contribution is -2.41. The van der Waals surface area contributed by atoms with Gasteiger partial charge >= 0.3 is 0 Å². The second-order valence-corrected chi connectivity index (χ2v) is 10.9. The Morgan fingerprint density at radius 2 is 1.94 bits per heavy atom. The Kier molecular flexibility index (Phi) is 7.14. The molecular weight excluding hydrogens is 474 g/mol. The van der Waals surface area contributed by atoms with Crippen molar-refractivity contribution in [3.63, 3.8) is 0 Å². The number of aromatic nitrogens is 2. The van der Waals surface area contributed by atoms with Crippen LogP contribution in [0.4, 0.5) is 8.78 Å². The van der Waals surface area contributed by atoms with Gasteiger partial charge in [-0.15, -0.1) is 0 Å². The van der Waals surface area contributed by atoms with E-state index in [1.54, 1.807) is 0 Å². The van der Waals surface area contributed by atoms with Crippen molar-refractivity contribution in [1.82, 2.24) is 20.2 Å². The molecule has 4 rings (SSSR count). The van der Waals surface area contributed by atoms with Gasteiger partial charge in [0.25, 0.3) is 5.91 Å². The van der Waals surface area contributed by atoms with E-state index in [2.05, 4.69) is 41.0 Å². The highest BCUT2D eigenvalue weighted by molar-refractivity contribution is 7.18.